The van der Waals surface area contributed by atoms with E-state index in [0.29, 0.717) is 18.0 Å². The predicted molar refractivity (Wildman–Crippen MR) is 91.2 cm³/mol. The van der Waals surface area contributed by atoms with Crippen LogP contribution in [0.25, 0.3) is 0 Å². The minimum Gasteiger partial charge on any atom is -0.492 e. The summed E-state index contributed by atoms with van der Waals surface area (Å²) >= 11 is 1.61. The van der Waals surface area contributed by atoms with E-state index in [1.165, 1.54) is 0 Å². The van der Waals surface area contributed by atoms with Gasteiger partial charge in [-0.25, -0.2) is 0 Å². The first-order valence-electron chi connectivity index (χ1n) is 7.21. The molecule has 5 heteroatoms. The van der Waals surface area contributed by atoms with Crippen molar-refractivity contribution in [2.24, 2.45) is 0 Å². The van der Waals surface area contributed by atoms with E-state index in [4.69, 9.17) is 10.5 Å². The van der Waals surface area contributed by atoms with Crippen LogP contribution in [0.15, 0.2) is 48.5 Å². The first kappa shape index (κ1) is 14.8. The molecule has 4 nitrogen and oxygen atoms in total. The van der Waals surface area contributed by atoms with Crippen molar-refractivity contribution in [3.05, 3.63) is 54.1 Å². The Balaban J connectivity index is 2.02. The average molecular weight is 314 g/mol. The van der Waals surface area contributed by atoms with Crippen LogP contribution in [0.2, 0.25) is 0 Å². The third kappa shape index (κ3) is 2.76. The third-order valence-electron chi connectivity index (χ3n) is 3.49. The third-order valence-corrected chi connectivity index (χ3v) is 4.70. The van der Waals surface area contributed by atoms with Gasteiger partial charge in [-0.1, -0.05) is 24.3 Å². The number of nitrogen functional groups attached to an aromatic ring is 1. The number of carbonyl (C=O) groups excluding carboxylic acids is 1. The van der Waals surface area contributed by atoms with Gasteiger partial charge in [0, 0.05) is 5.69 Å². The predicted octanol–water partition coefficient (Wildman–Crippen LogP) is 3.45. The van der Waals surface area contributed by atoms with Crippen LogP contribution in [-0.2, 0) is 4.79 Å². The van der Waals surface area contributed by atoms with E-state index in [1.54, 1.807) is 11.8 Å². The molecule has 0 aliphatic carbocycles. The van der Waals surface area contributed by atoms with E-state index in [-0.39, 0.29) is 11.3 Å². The van der Waals surface area contributed by atoms with Crippen LogP contribution in [0.4, 0.5) is 11.4 Å². The van der Waals surface area contributed by atoms with Gasteiger partial charge in [0.2, 0.25) is 5.91 Å². The molecule has 1 fully saturated rings. The molecule has 1 amide bonds. The highest BCUT2D eigenvalue weighted by Crippen LogP contribution is 2.44. The molecular weight excluding hydrogens is 296 g/mol. The molecule has 1 saturated heterocycles. The number of ether oxygens (including phenoxy) is 1. The number of rotatable bonds is 4. The molecule has 114 valence electrons. The van der Waals surface area contributed by atoms with Crippen LogP contribution in [0.1, 0.15) is 17.9 Å². The number of nitrogens with zero attached hydrogens (tertiary/aromatic N) is 1. The second-order valence-corrected chi connectivity index (χ2v) is 6.07. The van der Waals surface area contributed by atoms with E-state index in [0.717, 1.165) is 17.0 Å². The quantitative estimate of drug-likeness (QED) is 0.878. The number of hydrogen-bond acceptors (Lipinski definition) is 4. The molecule has 0 aromatic heterocycles. The molecule has 2 aromatic rings. The van der Waals surface area contributed by atoms with Crippen LogP contribution in [-0.4, -0.2) is 18.3 Å². The fourth-order valence-electron chi connectivity index (χ4n) is 2.58. The number of amides is 1. The largest absolute Gasteiger partial charge is 0.492 e. The zero-order chi connectivity index (χ0) is 15.5. The Morgan fingerprint density at radius 1 is 1.27 bits per heavy atom. The van der Waals surface area contributed by atoms with Crippen molar-refractivity contribution in [3.63, 3.8) is 0 Å². The summed E-state index contributed by atoms with van der Waals surface area (Å²) in [6, 6.07) is 15.3. The number of para-hydroxylation sites is 2. The lowest BCUT2D eigenvalue weighted by molar-refractivity contribution is -0.115. The monoisotopic (exact) mass is 314 g/mol. The molecule has 1 aliphatic rings. The second-order valence-electron chi connectivity index (χ2n) is 5.00. The van der Waals surface area contributed by atoms with Crippen molar-refractivity contribution in [2.45, 2.75) is 12.3 Å². The summed E-state index contributed by atoms with van der Waals surface area (Å²) in [7, 11) is 0. The van der Waals surface area contributed by atoms with Gasteiger partial charge < -0.3 is 10.5 Å². The van der Waals surface area contributed by atoms with Gasteiger partial charge in [-0.15, -0.1) is 11.8 Å². The molecule has 0 spiro atoms. The smallest absolute Gasteiger partial charge is 0.238 e. The first-order valence-corrected chi connectivity index (χ1v) is 8.26. The lowest BCUT2D eigenvalue weighted by atomic mass is 10.1. The van der Waals surface area contributed by atoms with Gasteiger partial charge in [0.05, 0.1) is 18.0 Å². The lowest BCUT2D eigenvalue weighted by Gasteiger charge is -2.26. The fraction of sp³-hybridized carbons (Fsp3) is 0.235. The molecule has 0 saturated carbocycles. The molecule has 0 bridgehead atoms. The van der Waals surface area contributed by atoms with E-state index in [1.807, 2.05) is 60.4 Å². The Labute approximate surface area is 134 Å². The Morgan fingerprint density at radius 2 is 2.09 bits per heavy atom. The SMILES string of the molecule is CCOc1ccccc1N1C(=O)CS[C@@H]1c1cccc(N)c1. The number of carbonyl (C=O) groups is 1. The Bertz CT molecular complexity index is 690. The molecule has 2 N–H and O–H groups in total. The number of anilines is 2. The highest BCUT2D eigenvalue weighted by atomic mass is 32.2. The minimum absolute atomic E-state index is 0.0717. The topological polar surface area (TPSA) is 55.6 Å². The zero-order valence-electron chi connectivity index (χ0n) is 12.4. The average Bonchev–Trinajstić information content (AvgIpc) is 2.90. The maximum atomic E-state index is 12.4. The Morgan fingerprint density at radius 3 is 2.86 bits per heavy atom. The Hall–Kier alpha value is -2.14. The highest BCUT2D eigenvalue weighted by molar-refractivity contribution is 8.00. The highest BCUT2D eigenvalue weighted by Gasteiger charge is 2.35. The van der Waals surface area contributed by atoms with Crippen molar-refractivity contribution < 1.29 is 9.53 Å². The van der Waals surface area contributed by atoms with E-state index >= 15 is 0 Å². The zero-order valence-corrected chi connectivity index (χ0v) is 13.2. The molecular formula is C17H18N2O2S. The number of thioether (sulfide) groups is 1. The fourth-order valence-corrected chi connectivity index (χ4v) is 3.74. The maximum absolute atomic E-state index is 12.4. The molecule has 22 heavy (non-hydrogen) atoms. The molecule has 1 atom stereocenters. The van der Waals surface area contributed by atoms with Crippen molar-refractivity contribution >= 4 is 29.0 Å². The standard InChI is InChI=1S/C17H18N2O2S/c1-2-21-15-9-4-3-8-14(15)19-16(20)11-22-17(19)12-6-5-7-13(18)10-12/h3-10,17H,2,11,18H2,1H3/t17-/m1/s1. The van der Waals surface area contributed by atoms with Crippen molar-refractivity contribution in [1.29, 1.82) is 0 Å². The van der Waals surface area contributed by atoms with Gasteiger partial charge in [0.25, 0.3) is 0 Å². The number of benzene rings is 2. The van der Waals surface area contributed by atoms with Crippen LogP contribution >= 0.6 is 11.8 Å². The van der Waals surface area contributed by atoms with Crippen LogP contribution in [0, 0.1) is 0 Å². The summed E-state index contributed by atoms with van der Waals surface area (Å²) in [5.41, 5.74) is 8.43. The molecule has 1 heterocycles. The van der Waals surface area contributed by atoms with E-state index in [9.17, 15) is 4.79 Å². The second kappa shape index (κ2) is 6.32. The summed E-state index contributed by atoms with van der Waals surface area (Å²) in [6.45, 7) is 2.50. The summed E-state index contributed by atoms with van der Waals surface area (Å²) in [6.07, 6.45) is 0. The first-order chi connectivity index (χ1) is 10.7. The van der Waals surface area contributed by atoms with Gasteiger partial charge >= 0.3 is 0 Å². The summed E-state index contributed by atoms with van der Waals surface area (Å²) in [4.78, 5) is 14.2. The normalized spacial score (nSPS) is 17.8. The summed E-state index contributed by atoms with van der Waals surface area (Å²) in [5.74, 6) is 1.28. The summed E-state index contributed by atoms with van der Waals surface area (Å²) in [5, 5.41) is -0.0717. The Kier molecular flexibility index (Phi) is 4.24. The van der Waals surface area contributed by atoms with Gasteiger partial charge in [-0.05, 0) is 36.8 Å². The van der Waals surface area contributed by atoms with Gasteiger partial charge in [0.1, 0.15) is 11.1 Å². The molecule has 0 unspecified atom stereocenters. The summed E-state index contributed by atoms with van der Waals surface area (Å²) < 4.78 is 5.68. The number of nitrogens with two attached hydrogens (primary N) is 1. The maximum Gasteiger partial charge on any atom is 0.238 e. The lowest BCUT2D eigenvalue weighted by Crippen LogP contribution is -2.28. The molecule has 0 radical (unpaired) electrons. The van der Waals surface area contributed by atoms with E-state index < -0.39 is 0 Å². The van der Waals surface area contributed by atoms with Crippen LogP contribution in [0.3, 0.4) is 0 Å². The van der Waals surface area contributed by atoms with Crippen LogP contribution in [0.5, 0.6) is 5.75 Å². The molecule has 1 aliphatic heterocycles. The van der Waals surface area contributed by atoms with E-state index in [2.05, 4.69) is 0 Å². The molecule has 2 aromatic carbocycles. The molecule has 3 rings (SSSR count). The van der Waals surface area contributed by atoms with Gasteiger partial charge in [0.15, 0.2) is 0 Å². The van der Waals surface area contributed by atoms with Gasteiger partial charge in [-0.3, -0.25) is 9.69 Å². The van der Waals surface area contributed by atoms with Crippen LogP contribution < -0.4 is 15.4 Å². The van der Waals surface area contributed by atoms with Crippen molar-refractivity contribution in [2.75, 3.05) is 23.0 Å². The number of hydrogen-bond donors (Lipinski definition) is 1. The van der Waals surface area contributed by atoms with Crippen molar-refractivity contribution in [3.8, 4) is 5.75 Å². The minimum atomic E-state index is -0.0717. The van der Waals surface area contributed by atoms with Crippen molar-refractivity contribution in [1.82, 2.24) is 0 Å². The van der Waals surface area contributed by atoms with Gasteiger partial charge in [-0.2, -0.15) is 0 Å².